The highest BCUT2D eigenvalue weighted by atomic mass is 35.5. The summed E-state index contributed by atoms with van der Waals surface area (Å²) in [6.07, 6.45) is -1.71. The fraction of sp³-hybridized carbons (Fsp3) is 0.526. The molecule has 2 aliphatic rings. The Bertz CT molecular complexity index is 751. The fourth-order valence-electron chi connectivity index (χ4n) is 3.21. The van der Waals surface area contributed by atoms with E-state index >= 15 is 0 Å². The molecule has 0 spiro atoms. The minimum absolute atomic E-state index is 0.0552. The summed E-state index contributed by atoms with van der Waals surface area (Å²) in [5.41, 5.74) is 0.958. The average molecular weight is 410 g/mol. The van der Waals surface area contributed by atoms with Crippen LogP contribution in [0.5, 0.6) is 0 Å². The van der Waals surface area contributed by atoms with Crippen molar-refractivity contribution in [1.82, 2.24) is 9.80 Å². The van der Waals surface area contributed by atoms with Crippen LogP contribution in [0, 0.1) is 0 Å². The van der Waals surface area contributed by atoms with E-state index in [9.17, 15) is 14.4 Å². The highest BCUT2D eigenvalue weighted by molar-refractivity contribution is 6.33. The van der Waals surface area contributed by atoms with E-state index < -0.39 is 18.2 Å². The van der Waals surface area contributed by atoms with Crippen molar-refractivity contribution >= 4 is 35.1 Å². The van der Waals surface area contributed by atoms with E-state index in [0.717, 1.165) is 5.69 Å². The molecule has 0 bridgehead atoms. The third-order valence-corrected chi connectivity index (χ3v) is 5.15. The molecule has 8 nitrogen and oxygen atoms in total. The maximum atomic E-state index is 12.5. The van der Waals surface area contributed by atoms with Crippen LogP contribution < -0.4 is 4.90 Å². The molecule has 2 heterocycles. The Balaban J connectivity index is 1.46. The summed E-state index contributed by atoms with van der Waals surface area (Å²) in [6, 6.07) is 7.62. The Morgan fingerprint density at radius 2 is 1.86 bits per heavy atom. The van der Waals surface area contributed by atoms with Gasteiger partial charge < -0.3 is 24.2 Å². The standard InChI is InChI=1S/C19H24ClN3O5/c1-3-27-19(26)17-16(28-17)18(25)21(2)12-15(24)23-10-8-22(9-11-23)14-7-5-4-6-13(14)20/h4-7,16-17H,3,8-12H2,1-2H3/t16-,17-/m0/s1. The topological polar surface area (TPSA) is 82.7 Å². The van der Waals surface area contributed by atoms with Crippen LogP contribution in [-0.4, -0.2) is 86.2 Å². The number of epoxide rings is 1. The lowest BCUT2D eigenvalue weighted by molar-refractivity contribution is -0.144. The second kappa shape index (κ2) is 8.79. The van der Waals surface area contributed by atoms with Gasteiger partial charge in [-0.1, -0.05) is 23.7 Å². The van der Waals surface area contributed by atoms with Crippen LogP contribution in [0.3, 0.4) is 0 Å². The Kier molecular flexibility index (Phi) is 6.41. The molecule has 3 rings (SSSR count). The fourth-order valence-corrected chi connectivity index (χ4v) is 3.46. The largest absolute Gasteiger partial charge is 0.464 e. The van der Waals surface area contributed by atoms with Crippen molar-refractivity contribution in [3.8, 4) is 0 Å². The Hall–Kier alpha value is -2.32. The van der Waals surface area contributed by atoms with Crippen molar-refractivity contribution in [3.05, 3.63) is 29.3 Å². The van der Waals surface area contributed by atoms with Crippen molar-refractivity contribution in [1.29, 1.82) is 0 Å². The van der Waals surface area contributed by atoms with Gasteiger partial charge in [0, 0.05) is 33.2 Å². The van der Waals surface area contributed by atoms with Gasteiger partial charge in [-0.25, -0.2) is 4.79 Å². The molecule has 9 heteroatoms. The molecule has 2 saturated heterocycles. The zero-order valence-corrected chi connectivity index (χ0v) is 16.7. The number of hydrogen-bond acceptors (Lipinski definition) is 6. The first-order valence-corrected chi connectivity index (χ1v) is 9.64. The maximum Gasteiger partial charge on any atom is 0.338 e. The van der Waals surface area contributed by atoms with Gasteiger partial charge in [0.15, 0.2) is 12.2 Å². The van der Waals surface area contributed by atoms with Gasteiger partial charge in [-0.15, -0.1) is 0 Å². The predicted molar refractivity (Wildman–Crippen MR) is 103 cm³/mol. The van der Waals surface area contributed by atoms with Crippen molar-refractivity contribution < 1.29 is 23.9 Å². The minimum atomic E-state index is -0.857. The van der Waals surface area contributed by atoms with E-state index in [1.807, 2.05) is 24.3 Å². The number of halogens is 1. The van der Waals surface area contributed by atoms with Gasteiger partial charge in [0.05, 0.1) is 23.9 Å². The normalized spacial score (nSPS) is 21.2. The summed E-state index contributed by atoms with van der Waals surface area (Å²) in [4.78, 5) is 41.6. The number of anilines is 1. The number of carbonyl (C=O) groups excluding carboxylic acids is 3. The van der Waals surface area contributed by atoms with Gasteiger partial charge in [0.2, 0.25) is 5.91 Å². The van der Waals surface area contributed by atoms with E-state index in [1.165, 1.54) is 11.9 Å². The number of amides is 2. The lowest BCUT2D eigenvalue weighted by Crippen LogP contribution is -2.51. The minimum Gasteiger partial charge on any atom is -0.464 e. The highest BCUT2D eigenvalue weighted by Crippen LogP contribution is 2.27. The molecule has 0 unspecified atom stereocenters. The zero-order chi connectivity index (χ0) is 20.3. The summed E-state index contributed by atoms with van der Waals surface area (Å²) in [7, 11) is 1.53. The van der Waals surface area contributed by atoms with Crippen molar-refractivity contribution in [2.24, 2.45) is 0 Å². The van der Waals surface area contributed by atoms with Crippen LogP contribution in [0.1, 0.15) is 6.92 Å². The first-order valence-electron chi connectivity index (χ1n) is 9.26. The maximum absolute atomic E-state index is 12.5. The van der Waals surface area contributed by atoms with Gasteiger partial charge in [-0.2, -0.15) is 0 Å². The average Bonchev–Trinajstić information content (AvgIpc) is 3.49. The lowest BCUT2D eigenvalue weighted by atomic mass is 10.2. The molecule has 2 amide bonds. The highest BCUT2D eigenvalue weighted by Gasteiger charge is 2.52. The van der Waals surface area contributed by atoms with Crippen molar-refractivity contribution in [2.75, 3.05) is 51.3 Å². The van der Waals surface area contributed by atoms with Crippen LogP contribution in [0.15, 0.2) is 24.3 Å². The van der Waals surface area contributed by atoms with Gasteiger partial charge in [-0.3, -0.25) is 9.59 Å². The van der Waals surface area contributed by atoms with E-state index in [2.05, 4.69) is 4.90 Å². The molecule has 2 fully saturated rings. The Morgan fingerprint density at radius 1 is 1.18 bits per heavy atom. The molecule has 2 atom stereocenters. The molecule has 0 saturated carbocycles. The number of likely N-dealkylation sites (N-methyl/N-ethyl adjacent to an activating group) is 1. The Labute approximate surface area is 168 Å². The second-order valence-electron chi connectivity index (χ2n) is 6.74. The molecule has 0 aliphatic carbocycles. The van der Waals surface area contributed by atoms with Crippen LogP contribution in [-0.2, 0) is 23.9 Å². The number of esters is 1. The molecule has 0 N–H and O–H groups in total. The summed E-state index contributed by atoms with van der Waals surface area (Å²) in [5.74, 6) is -1.07. The first-order chi connectivity index (χ1) is 13.4. The molecule has 0 radical (unpaired) electrons. The quantitative estimate of drug-likeness (QED) is 0.510. The summed E-state index contributed by atoms with van der Waals surface area (Å²) in [5, 5.41) is 0.688. The molecule has 2 aliphatic heterocycles. The smallest absolute Gasteiger partial charge is 0.338 e. The molecule has 1 aromatic carbocycles. The van der Waals surface area contributed by atoms with Gasteiger partial charge in [-0.05, 0) is 19.1 Å². The van der Waals surface area contributed by atoms with E-state index in [-0.39, 0.29) is 25.0 Å². The number of piperazine rings is 1. The number of ether oxygens (including phenoxy) is 2. The van der Waals surface area contributed by atoms with Crippen LogP contribution in [0.4, 0.5) is 5.69 Å². The Morgan fingerprint density at radius 3 is 2.50 bits per heavy atom. The third kappa shape index (κ3) is 4.56. The van der Waals surface area contributed by atoms with Crippen LogP contribution in [0.2, 0.25) is 5.02 Å². The number of nitrogens with zero attached hydrogens (tertiary/aromatic N) is 3. The van der Waals surface area contributed by atoms with E-state index in [4.69, 9.17) is 21.1 Å². The zero-order valence-electron chi connectivity index (χ0n) is 16.0. The SMILES string of the molecule is CCOC(=O)[C@H]1O[C@@H]1C(=O)N(C)CC(=O)N1CCN(c2ccccc2Cl)CC1. The number of hydrogen-bond donors (Lipinski definition) is 0. The van der Waals surface area contributed by atoms with Crippen molar-refractivity contribution in [3.63, 3.8) is 0 Å². The third-order valence-electron chi connectivity index (χ3n) is 4.83. The molecular weight excluding hydrogens is 386 g/mol. The molecule has 0 aromatic heterocycles. The molecule has 152 valence electrons. The number of rotatable bonds is 6. The van der Waals surface area contributed by atoms with Gasteiger partial charge in [0.1, 0.15) is 0 Å². The van der Waals surface area contributed by atoms with Crippen LogP contribution >= 0.6 is 11.6 Å². The van der Waals surface area contributed by atoms with E-state index in [0.29, 0.717) is 31.2 Å². The van der Waals surface area contributed by atoms with Crippen LogP contribution in [0.25, 0.3) is 0 Å². The number of carbonyl (C=O) groups is 3. The van der Waals surface area contributed by atoms with Crippen molar-refractivity contribution in [2.45, 2.75) is 19.1 Å². The number of para-hydroxylation sites is 1. The molecule has 28 heavy (non-hydrogen) atoms. The molecule has 1 aromatic rings. The summed E-state index contributed by atoms with van der Waals surface area (Å²) < 4.78 is 9.94. The molecular formula is C19H24ClN3O5. The lowest BCUT2D eigenvalue weighted by Gasteiger charge is -2.37. The van der Waals surface area contributed by atoms with E-state index in [1.54, 1.807) is 11.8 Å². The van der Waals surface area contributed by atoms with Gasteiger partial charge in [0.25, 0.3) is 5.91 Å². The monoisotopic (exact) mass is 409 g/mol. The number of benzene rings is 1. The first kappa shape index (κ1) is 20.4. The van der Waals surface area contributed by atoms with Gasteiger partial charge >= 0.3 is 5.97 Å². The summed E-state index contributed by atoms with van der Waals surface area (Å²) in [6.45, 7) is 4.31. The summed E-state index contributed by atoms with van der Waals surface area (Å²) >= 11 is 6.24. The predicted octanol–water partition coefficient (Wildman–Crippen LogP) is 0.778. The second-order valence-corrected chi connectivity index (χ2v) is 7.15.